The molecule has 2 aromatic rings. The van der Waals surface area contributed by atoms with Crippen LogP contribution in [-0.4, -0.2) is 42.1 Å². The Morgan fingerprint density at radius 2 is 1.65 bits per heavy atom. The van der Waals surface area contributed by atoms with E-state index in [1.165, 1.54) is 18.5 Å². The fourth-order valence-corrected chi connectivity index (χ4v) is 5.36. The Balaban J connectivity index is 1.49. The van der Waals surface area contributed by atoms with E-state index in [-0.39, 0.29) is 5.43 Å². The average molecular weight is 456 g/mol. The summed E-state index contributed by atoms with van der Waals surface area (Å²) in [4.78, 5) is 23.3. The molecule has 0 saturated carbocycles. The number of hydrogen-bond donors (Lipinski definition) is 0. The molecular formula is C29H33N3O2. The van der Waals surface area contributed by atoms with E-state index in [1.54, 1.807) is 0 Å². The molecule has 0 unspecified atom stereocenters. The highest BCUT2D eigenvalue weighted by atomic mass is 16.3. The lowest BCUT2D eigenvalue weighted by atomic mass is 9.93. The van der Waals surface area contributed by atoms with E-state index >= 15 is 0 Å². The van der Waals surface area contributed by atoms with Gasteiger partial charge in [-0.3, -0.25) is 4.79 Å². The summed E-state index contributed by atoms with van der Waals surface area (Å²) in [7, 11) is 0. The van der Waals surface area contributed by atoms with Crippen molar-refractivity contribution in [3.05, 3.63) is 69.9 Å². The van der Waals surface area contributed by atoms with Crippen LogP contribution in [0.1, 0.15) is 37.8 Å². The maximum Gasteiger partial charge on any atom is 0.193 e. The smallest absolute Gasteiger partial charge is 0.193 e. The zero-order valence-electron chi connectivity index (χ0n) is 20.6. The lowest BCUT2D eigenvalue weighted by Crippen LogP contribution is -2.44. The molecule has 2 heterocycles. The second kappa shape index (κ2) is 9.22. The Morgan fingerprint density at radius 1 is 0.971 bits per heavy atom. The average Bonchev–Trinajstić information content (AvgIpc) is 2.88. The lowest BCUT2D eigenvalue weighted by molar-refractivity contribution is 0.186. The number of nitrogens with zero attached hydrogens (tertiary/aromatic N) is 3. The molecule has 2 aliphatic heterocycles. The van der Waals surface area contributed by atoms with Crippen molar-refractivity contribution in [2.75, 3.05) is 31.1 Å². The van der Waals surface area contributed by atoms with Crippen LogP contribution in [0.2, 0.25) is 0 Å². The maximum atomic E-state index is 13.4. The van der Waals surface area contributed by atoms with Crippen LogP contribution in [0.4, 0.5) is 5.69 Å². The SMILES string of the molecule is CCN(CC)C1CCN(c2ccc(-c3c4oc5ccccc5nc-4c(C)c(C)c3=O)cc2)CC1. The third-order valence-electron chi connectivity index (χ3n) is 7.55. The minimum Gasteiger partial charge on any atom is -0.452 e. The normalized spacial score (nSPS) is 15.0. The van der Waals surface area contributed by atoms with E-state index in [4.69, 9.17) is 9.40 Å². The van der Waals surface area contributed by atoms with Crippen LogP contribution in [0, 0.1) is 13.8 Å². The van der Waals surface area contributed by atoms with Gasteiger partial charge in [-0.15, -0.1) is 0 Å². The maximum absolute atomic E-state index is 13.4. The van der Waals surface area contributed by atoms with Crippen molar-refractivity contribution in [1.29, 1.82) is 0 Å². The van der Waals surface area contributed by atoms with Gasteiger partial charge in [0.1, 0.15) is 11.2 Å². The molecular weight excluding hydrogens is 422 g/mol. The van der Waals surface area contributed by atoms with Gasteiger partial charge < -0.3 is 14.2 Å². The van der Waals surface area contributed by atoms with E-state index in [0.29, 0.717) is 22.9 Å². The van der Waals surface area contributed by atoms with Crippen molar-refractivity contribution in [2.45, 2.75) is 46.6 Å². The van der Waals surface area contributed by atoms with Crippen molar-refractivity contribution in [2.24, 2.45) is 0 Å². The Hall–Kier alpha value is -3.18. The van der Waals surface area contributed by atoms with Crippen LogP contribution in [0.5, 0.6) is 0 Å². The van der Waals surface area contributed by atoms with Gasteiger partial charge in [-0.25, -0.2) is 4.98 Å². The molecule has 0 aromatic heterocycles. The van der Waals surface area contributed by atoms with E-state index < -0.39 is 0 Å². The summed E-state index contributed by atoms with van der Waals surface area (Å²) in [5.74, 6) is 0.569. The number of fused-ring (bicyclic) bond motifs is 2. The minimum atomic E-state index is 0.0126. The van der Waals surface area contributed by atoms with Gasteiger partial charge >= 0.3 is 0 Å². The molecule has 0 spiro atoms. The Morgan fingerprint density at radius 3 is 2.32 bits per heavy atom. The predicted molar refractivity (Wildman–Crippen MR) is 140 cm³/mol. The zero-order chi connectivity index (χ0) is 23.8. The lowest BCUT2D eigenvalue weighted by Gasteiger charge is -2.38. The van der Waals surface area contributed by atoms with Crippen molar-refractivity contribution >= 4 is 16.8 Å². The number of rotatable bonds is 5. The number of para-hydroxylation sites is 2. The van der Waals surface area contributed by atoms with Crippen molar-refractivity contribution in [3.63, 3.8) is 0 Å². The van der Waals surface area contributed by atoms with E-state index in [0.717, 1.165) is 54.1 Å². The number of benzene rings is 3. The van der Waals surface area contributed by atoms with Crippen molar-refractivity contribution < 1.29 is 4.42 Å². The van der Waals surface area contributed by atoms with Crippen LogP contribution in [0.15, 0.2) is 57.7 Å². The molecule has 1 saturated heterocycles. The molecule has 0 N–H and O–H groups in total. The van der Waals surface area contributed by atoms with Gasteiger partial charge in [0, 0.05) is 30.4 Å². The Bertz CT molecular complexity index is 1330. The first-order valence-corrected chi connectivity index (χ1v) is 12.4. The van der Waals surface area contributed by atoms with Crippen LogP contribution >= 0.6 is 0 Å². The van der Waals surface area contributed by atoms with E-state index in [2.05, 4.69) is 47.9 Å². The van der Waals surface area contributed by atoms with Gasteiger partial charge in [-0.05, 0) is 75.2 Å². The first-order chi connectivity index (χ1) is 16.5. The summed E-state index contributed by atoms with van der Waals surface area (Å²) in [6, 6.07) is 16.8. The van der Waals surface area contributed by atoms with Crippen LogP contribution in [-0.2, 0) is 0 Å². The van der Waals surface area contributed by atoms with Gasteiger partial charge in [0.2, 0.25) is 0 Å². The summed E-state index contributed by atoms with van der Waals surface area (Å²) in [5, 5.41) is 0. The van der Waals surface area contributed by atoms with E-state index in [1.807, 2.05) is 38.1 Å². The summed E-state index contributed by atoms with van der Waals surface area (Å²) in [5.41, 5.74) is 6.55. The summed E-state index contributed by atoms with van der Waals surface area (Å²) < 4.78 is 6.27. The predicted octanol–water partition coefficient (Wildman–Crippen LogP) is 5.89. The van der Waals surface area contributed by atoms with Gasteiger partial charge in [0.05, 0.1) is 5.56 Å². The fraction of sp³-hybridized carbons (Fsp3) is 0.379. The van der Waals surface area contributed by atoms with Crippen LogP contribution in [0.25, 0.3) is 33.7 Å². The van der Waals surface area contributed by atoms with Gasteiger partial charge in [-0.2, -0.15) is 0 Å². The number of anilines is 1. The third kappa shape index (κ3) is 3.88. The fourth-order valence-electron chi connectivity index (χ4n) is 5.36. The highest BCUT2D eigenvalue weighted by molar-refractivity contribution is 5.86. The molecule has 0 amide bonds. The molecule has 34 heavy (non-hydrogen) atoms. The molecule has 1 fully saturated rings. The molecule has 5 nitrogen and oxygen atoms in total. The summed E-state index contributed by atoms with van der Waals surface area (Å²) in [6.45, 7) is 12.7. The number of hydrogen-bond acceptors (Lipinski definition) is 5. The number of aromatic nitrogens is 1. The largest absolute Gasteiger partial charge is 0.452 e. The number of piperidine rings is 1. The molecule has 0 bridgehead atoms. The molecule has 5 rings (SSSR count). The molecule has 2 aromatic carbocycles. The monoisotopic (exact) mass is 455 g/mol. The Labute approximate surface area is 201 Å². The summed E-state index contributed by atoms with van der Waals surface area (Å²) >= 11 is 0. The quantitative estimate of drug-likeness (QED) is 0.351. The third-order valence-corrected chi connectivity index (χ3v) is 7.55. The van der Waals surface area contributed by atoms with Crippen molar-refractivity contribution in [3.8, 4) is 22.6 Å². The standard InChI is InChI=1S/C29H33N3O2/c1-5-31(6-2)23-15-17-32(18-16-23)22-13-11-21(12-14-22)26-28(33)20(4)19(3)27-29(26)34-25-10-8-7-9-24(25)30-27/h7-14,23H,5-6,15-18H2,1-4H3. The first kappa shape index (κ1) is 22.6. The van der Waals surface area contributed by atoms with Gasteiger partial charge in [-0.1, -0.05) is 38.1 Å². The highest BCUT2D eigenvalue weighted by Crippen LogP contribution is 2.36. The molecule has 1 aliphatic carbocycles. The Kier molecular flexibility index (Phi) is 6.13. The minimum absolute atomic E-state index is 0.0126. The molecule has 5 heteroatoms. The second-order valence-corrected chi connectivity index (χ2v) is 9.30. The van der Waals surface area contributed by atoms with Gasteiger partial charge in [0.25, 0.3) is 0 Å². The zero-order valence-corrected chi connectivity index (χ0v) is 20.6. The second-order valence-electron chi connectivity index (χ2n) is 9.30. The van der Waals surface area contributed by atoms with E-state index in [9.17, 15) is 4.79 Å². The first-order valence-electron chi connectivity index (χ1n) is 12.4. The highest BCUT2D eigenvalue weighted by Gasteiger charge is 2.25. The van der Waals surface area contributed by atoms with Crippen LogP contribution < -0.4 is 10.3 Å². The van der Waals surface area contributed by atoms with Crippen molar-refractivity contribution in [1.82, 2.24) is 9.88 Å². The topological polar surface area (TPSA) is 49.6 Å². The molecule has 0 atom stereocenters. The molecule has 3 aliphatic rings. The van der Waals surface area contributed by atoms with Gasteiger partial charge in [0.15, 0.2) is 16.8 Å². The summed E-state index contributed by atoms with van der Waals surface area (Å²) in [6.07, 6.45) is 2.38. The molecule has 0 radical (unpaired) electrons. The molecule has 176 valence electrons. The van der Waals surface area contributed by atoms with Crippen LogP contribution in [0.3, 0.4) is 0 Å².